The Morgan fingerprint density at radius 1 is 1.09 bits per heavy atom. The molecule has 0 radical (unpaired) electrons. The average Bonchev–Trinajstić information content (AvgIpc) is 3.27. The topological polar surface area (TPSA) is 77.2 Å². The number of amides is 1. The smallest absolute Gasteiger partial charge is 0.336 e. The van der Waals surface area contributed by atoms with E-state index in [0.29, 0.717) is 27.8 Å². The summed E-state index contributed by atoms with van der Waals surface area (Å²) in [4.78, 5) is 46.3. The zero-order valence-electron chi connectivity index (χ0n) is 18.3. The van der Waals surface area contributed by atoms with Crippen molar-refractivity contribution in [2.45, 2.75) is 30.8 Å². The lowest BCUT2D eigenvalue weighted by molar-refractivity contribution is -0.132. The fourth-order valence-electron chi connectivity index (χ4n) is 4.11. The van der Waals surface area contributed by atoms with E-state index in [9.17, 15) is 14.4 Å². The molecular formula is C24H22N4O3S2. The van der Waals surface area contributed by atoms with Crippen molar-refractivity contribution in [3.63, 3.8) is 0 Å². The van der Waals surface area contributed by atoms with Crippen molar-refractivity contribution in [2.24, 2.45) is 0 Å². The molecule has 7 nitrogen and oxygen atoms in total. The molecule has 0 N–H and O–H groups in total. The minimum atomic E-state index is -0.555. The maximum absolute atomic E-state index is 13.5. The number of carbonyl (C=O) groups is 1. The Kier molecular flexibility index (Phi) is 5.67. The third-order valence-electron chi connectivity index (χ3n) is 5.91. The predicted molar refractivity (Wildman–Crippen MR) is 132 cm³/mol. The number of fused-ring (bicyclic) bond motifs is 2. The van der Waals surface area contributed by atoms with Crippen molar-refractivity contribution in [2.75, 3.05) is 12.8 Å². The number of aryl methyl sites for hydroxylation is 1. The first kappa shape index (κ1) is 21.7. The highest BCUT2D eigenvalue weighted by Gasteiger charge is 2.24. The normalized spacial score (nSPS) is 13.3. The van der Waals surface area contributed by atoms with Crippen LogP contribution in [0.4, 0.5) is 0 Å². The van der Waals surface area contributed by atoms with Crippen LogP contribution in [-0.2, 0) is 24.3 Å². The molecule has 0 saturated heterocycles. The van der Waals surface area contributed by atoms with Gasteiger partial charge in [-0.3, -0.25) is 14.2 Å². The van der Waals surface area contributed by atoms with Crippen molar-refractivity contribution >= 4 is 39.4 Å². The molecule has 0 aliphatic carbocycles. The van der Waals surface area contributed by atoms with E-state index in [2.05, 4.69) is 11.1 Å². The number of nitrogens with zero attached hydrogens (tertiary/aromatic N) is 4. The van der Waals surface area contributed by atoms with Gasteiger partial charge in [-0.1, -0.05) is 53.7 Å². The number of thioether (sulfide) groups is 1. The van der Waals surface area contributed by atoms with Gasteiger partial charge in [0, 0.05) is 13.1 Å². The van der Waals surface area contributed by atoms with Gasteiger partial charge in [0.05, 0.1) is 5.69 Å². The van der Waals surface area contributed by atoms with E-state index in [4.69, 9.17) is 0 Å². The van der Waals surface area contributed by atoms with Crippen molar-refractivity contribution in [3.8, 4) is 5.69 Å². The molecule has 0 spiro atoms. The lowest BCUT2D eigenvalue weighted by atomic mass is 10.00. The lowest BCUT2D eigenvalue weighted by Gasteiger charge is -2.29. The van der Waals surface area contributed by atoms with E-state index in [1.165, 1.54) is 33.2 Å². The standard InChI is InChI=1S/C24H22N4O3S2/c1-15-7-9-18(10-8-15)28-22(30)20-21(25-23(32-2)33-20)27(24(28)31)14-19(29)26-12-11-16-5-3-4-6-17(16)13-26/h3-10H,11-14H2,1-2H3. The first-order valence-electron chi connectivity index (χ1n) is 10.6. The maximum atomic E-state index is 13.5. The summed E-state index contributed by atoms with van der Waals surface area (Å²) in [5.41, 5.74) is 3.18. The zero-order chi connectivity index (χ0) is 23.1. The first-order chi connectivity index (χ1) is 16.0. The highest BCUT2D eigenvalue weighted by Crippen LogP contribution is 2.26. The monoisotopic (exact) mass is 478 g/mol. The molecule has 0 fully saturated rings. The Morgan fingerprint density at radius 3 is 2.55 bits per heavy atom. The van der Waals surface area contributed by atoms with Crippen LogP contribution in [0.3, 0.4) is 0 Å². The van der Waals surface area contributed by atoms with E-state index in [-0.39, 0.29) is 18.1 Å². The van der Waals surface area contributed by atoms with Crippen LogP contribution in [0.25, 0.3) is 16.0 Å². The van der Waals surface area contributed by atoms with Crippen molar-refractivity contribution in [1.82, 2.24) is 19.0 Å². The van der Waals surface area contributed by atoms with Gasteiger partial charge in [0.25, 0.3) is 5.56 Å². The Bertz CT molecular complexity index is 1480. The Morgan fingerprint density at radius 2 is 1.82 bits per heavy atom. The van der Waals surface area contributed by atoms with Crippen LogP contribution in [0.1, 0.15) is 16.7 Å². The molecule has 0 bridgehead atoms. The summed E-state index contributed by atoms with van der Waals surface area (Å²) in [6, 6.07) is 15.3. The minimum Gasteiger partial charge on any atom is -0.336 e. The summed E-state index contributed by atoms with van der Waals surface area (Å²) < 4.78 is 3.53. The van der Waals surface area contributed by atoms with Crippen molar-refractivity contribution in [3.05, 3.63) is 86.1 Å². The summed E-state index contributed by atoms with van der Waals surface area (Å²) >= 11 is 2.66. The first-order valence-corrected chi connectivity index (χ1v) is 12.6. The largest absolute Gasteiger partial charge is 0.337 e. The van der Waals surface area contributed by atoms with Gasteiger partial charge in [-0.25, -0.2) is 14.3 Å². The number of hydrogen-bond acceptors (Lipinski definition) is 6. The van der Waals surface area contributed by atoms with Gasteiger partial charge >= 0.3 is 5.69 Å². The lowest BCUT2D eigenvalue weighted by Crippen LogP contribution is -2.43. The second kappa shape index (κ2) is 8.64. The van der Waals surface area contributed by atoms with Crippen LogP contribution < -0.4 is 11.2 Å². The molecule has 5 rings (SSSR count). The van der Waals surface area contributed by atoms with E-state index in [1.54, 1.807) is 17.0 Å². The van der Waals surface area contributed by atoms with Gasteiger partial charge in [0.1, 0.15) is 11.2 Å². The average molecular weight is 479 g/mol. The van der Waals surface area contributed by atoms with Gasteiger partial charge in [0.15, 0.2) is 9.99 Å². The van der Waals surface area contributed by atoms with Crippen LogP contribution >= 0.6 is 23.1 Å². The van der Waals surface area contributed by atoms with Gasteiger partial charge < -0.3 is 4.90 Å². The minimum absolute atomic E-state index is 0.165. The number of rotatable bonds is 4. The van der Waals surface area contributed by atoms with Gasteiger partial charge in [-0.15, -0.1) is 11.3 Å². The molecule has 4 aromatic rings. The van der Waals surface area contributed by atoms with E-state index >= 15 is 0 Å². The molecular weight excluding hydrogens is 456 g/mol. The molecule has 33 heavy (non-hydrogen) atoms. The van der Waals surface area contributed by atoms with Crippen LogP contribution in [0.5, 0.6) is 0 Å². The van der Waals surface area contributed by atoms with Gasteiger partial charge in [0.2, 0.25) is 5.91 Å². The molecule has 1 aliphatic rings. The molecule has 9 heteroatoms. The highest BCUT2D eigenvalue weighted by molar-refractivity contribution is 8.00. The quantitative estimate of drug-likeness (QED) is 0.421. The Balaban J connectivity index is 1.59. The number of aromatic nitrogens is 3. The zero-order valence-corrected chi connectivity index (χ0v) is 19.9. The molecule has 1 aliphatic heterocycles. The van der Waals surface area contributed by atoms with E-state index < -0.39 is 11.2 Å². The molecule has 1 amide bonds. The second-order valence-electron chi connectivity index (χ2n) is 8.02. The van der Waals surface area contributed by atoms with Crippen molar-refractivity contribution in [1.29, 1.82) is 0 Å². The summed E-state index contributed by atoms with van der Waals surface area (Å²) in [6.45, 7) is 2.88. The van der Waals surface area contributed by atoms with Crippen LogP contribution in [0.15, 0.2) is 62.5 Å². The maximum Gasteiger partial charge on any atom is 0.337 e. The van der Waals surface area contributed by atoms with Crippen LogP contribution in [0, 0.1) is 6.92 Å². The molecule has 3 heterocycles. The van der Waals surface area contributed by atoms with Gasteiger partial charge in [-0.05, 0) is 42.9 Å². The van der Waals surface area contributed by atoms with Crippen LogP contribution in [0.2, 0.25) is 0 Å². The Labute approximate surface area is 198 Å². The van der Waals surface area contributed by atoms with Gasteiger partial charge in [-0.2, -0.15) is 0 Å². The fraction of sp³-hybridized carbons (Fsp3) is 0.250. The number of hydrogen-bond donors (Lipinski definition) is 0. The third-order valence-corrected chi connectivity index (χ3v) is 7.93. The second-order valence-corrected chi connectivity index (χ2v) is 10.1. The van der Waals surface area contributed by atoms with E-state index in [1.807, 2.05) is 43.5 Å². The summed E-state index contributed by atoms with van der Waals surface area (Å²) in [5, 5.41) is 0. The molecule has 2 aromatic heterocycles. The number of thiazole rings is 1. The van der Waals surface area contributed by atoms with Crippen LogP contribution in [-0.4, -0.2) is 37.7 Å². The molecule has 0 saturated carbocycles. The SMILES string of the molecule is CSc1nc2c(s1)c(=O)n(-c1ccc(C)cc1)c(=O)n2CC(=O)N1CCc2ccccc2C1. The highest BCUT2D eigenvalue weighted by atomic mass is 32.2. The molecule has 2 aromatic carbocycles. The summed E-state index contributed by atoms with van der Waals surface area (Å²) in [6.07, 6.45) is 2.65. The Hall–Kier alpha value is -3.17. The number of benzene rings is 2. The summed E-state index contributed by atoms with van der Waals surface area (Å²) in [7, 11) is 0. The summed E-state index contributed by atoms with van der Waals surface area (Å²) in [5.74, 6) is -0.166. The molecule has 0 atom stereocenters. The van der Waals surface area contributed by atoms with Crippen molar-refractivity contribution < 1.29 is 4.79 Å². The molecule has 0 unspecified atom stereocenters. The predicted octanol–water partition coefficient (Wildman–Crippen LogP) is 3.22. The molecule has 168 valence electrons. The number of carbonyl (C=O) groups excluding carboxylic acids is 1. The third kappa shape index (κ3) is 3.91. The fourth-order valence-corrected chi connectivity index (χ4v) is 5.60. The van der Waals surface area contributed by atoms with E-state index in [0.717, 1.165) is 22.1 Å².